The van der Waals surface area contributed by atoms with Crippen molar-refractivity contribution in [3.63, 3.8) is 0 Å². The lowest BCUT2D eigenvalue weighted by Crippen LogP contribution is -2.05. The highest BCUT2D eigenvalue weighted by Gasteiger charge is 2.15. The summed E-state index contributed by atoms with van der Waals surface area (Å²) >= 11 is 0.994. The smallest absolute Gasteiger partial charge is 0.310 e. The van der Waals surface area contributed by atoms with E-state index in [4.69, 9.17) is 0 Å². The molecule has 90 valence electrons. The molecule has 18 heavy (non-hydrogen) atoms. The largest absolute Gasteiger partial charge is 0.493 e. The Kier molecular flexibility index (Phi) is 2.38. The lowest BCUT2D eigenvalue weighted by Gasteiger charge is -1.97. The Labute approximate surface area is 106 Å². The van der Waals surface area contributed by atoms with Crippen molar-refractivity contribution in [1.29, 1.82) is 0 Å². The van der Waals surface area contributed by atoms with Gasteiger partial charge < -0.3 is 5.11 Å². The second kappa shape index (κ2) is 3.92. The van der Waals surface area contributed by atoms with Crippen molar-refractivity contribution in [1.82, 2.24) is 9.55 Å². The molecule has 0 aliphatic carbocycles. The fraction of sp³-hybridized carbons (Fsp3) is 0.0833. The topological polar surface area (TPSA) is 67.5 Å². The Morgan fingerprint density at radius 2 is 2.33 bits per heavy atom. The minimum atomic E-state index is -0.199. The van der Waals surface area contributed by atoms with Gasteiger partial charge in [-0.15, -0.1) is 0 Å². The minimum absolute atomic E-state index is 0.0321. The molecule has 0 fully saturated rings. The van der Waals surface area contributed by atoms with E-state index in [-0.39, 0.29) is 10.8 Å². The van der Waals surface area contributed by atoms with Gasteiger partial charge in [-0.1, -0.05) is 11.3 Å². The van der Waals surface area contributed by atoms with Crippen molar-refractivity contribution in [2.45, 2.75) is 0 Å². The fourth-order valence-electron chi connectivity index (χ4n) is 1.72. The zero-order chi connectivity index (χ0) is 12.7. The summed E-state index contributed by atoms with van der Waals surface area (Å²) in [5.74, 6) is -0.0321. The van der Waals surface area contributed by atoms with E-state index in [2.05, 4.69) is 9.98 Å². The number of hydrogen-bond acceptors (Lipinski definition) is 5. The third kappa shape index (κ3) is 1.58. The molecule has 1 N–H and O–H groups in total. The number of thiazole rings is 1. The number of fused-ring (bicyclic) bond motifs is 1. The van der Waals surface area contributed by atoms with E-state index in [0.717, 1.165) is 28.3 Å². The summed E-state index contributed by atoms with van der Waals surface area (Å²) in [5, 5.41) is 9.79. The number of aliphatic imine (C=N–C) groups is 1. The predicted octanol–water partition coefficient (Wildman–Crippen LogP) is 1.80. The first-order valence-corrected chi connectivity index (χ1v) is 6.08. The van der Waals surface area contributed by atoms with Crippen LogP contribution in [0, 0.1) is 0 Å². The first-order chi connectivity index (χ1) is 8.66. The zero-order valence-electron chi connectivity index (χ0n) is 9.49. The molecule has 2 aromatic heterocycles. The first-order valence-electron chi connectivity index (χ1n) is 5.27. The van der Waals surface area contributed by atoms with Gasteiger partial charge in [0, 0.05) is 25.0 Å². The van der Waals surface area contributed by atoms with Crippen LogP contribution in [0.5, 0.6) is 5.88 Å². The van der Waals surface area contributed by atoms with Crippen molar-refractivity contribution in [3.8, 4) is 5.88 Å². The molecule has 0 amide bonds. The van der Waals surface area contributed by atoms with Crippen LogP contribution in [0.25, 0.3) is 11.6 Å². The number of nitrogens with zero attached hydrogens (tertiary/aromatic N) is 3. The Balaban J connectivity index is 2.12. The molecule has 0 radical (unpaired) electrons. The summed E-state index contributed by atoms with van der Waals surface area (Å²) in [6.45, 7) is 0. The second-order valence-electron chi connectivity index (χ2n) is 3.84. The number of rotatable bonds is 1. The van der Waals surface area contributed by atoms with Crippen molar-refractivity contribution < 1.29 is 5.11 Å². The third-order valence-corrected chi connectivity index (χ3v) is 3.67. The maximum absolute atomic E-state index is 11.4. The van der Waals surface area contributed by atoms with E-state index in [1.165, 1.54) is 11.6 Å². The van der Waals surface area contributed by atoms with Crippen LogP contribution in [0.3, 0.4) is 0 Å². The van der Waals surface area contributed by atoms with Crippen LogP contribution in [0.2, 0.25) is 0 Å². The maximum Gasteiger partial charge on any atom is 0.310 e. The zero-order valence-corrected chi connectivity index (χ0v) is 10.3. The van der Waals surface area contributed by atoms with Gasteiger partial charge in [0.15, 0.2) is 0 Å². The van der Waals surface area contributed by atoms with E-state index in [9.17, 15) is 9.90 Å². The first kappa shape index (κ1) is 10.9. The van der Waals surface area contributed by atoms with Crippen LogP contribution in [0.1, 0.15) is 10.6 Å². The molecule has 5 nitrogen and oxygen atoms in total. The van der Waals surface area contributed by atoms with Crippen molar-refractivity contribution >= 4 is 34.9 Å². The summed E-state index contributed by atoms with van der Waals surface area (Å²) in [4.78, 5) is 20.2. The molecule has 6 heteroatoms. The van der Waals surface area contributed by atoms with Gasteiger partial charge in [-0.25, -0.2) is 0 Å². The molecular formula is C12H9N3O2S. The molecule has 3 heterocycles. The van der Waals surface area contributed by atoms with Gasteiger partial charge in [-0.3, -0.25) is 19.3 Å². The SMILES string of the molecule is Cn1c(O)c(C=C2C=Nc3cccnc32)sc1=O. The van der Waals surface area contributed by atoms with Crippen molar-refractivity contribution in [2.24, 2.45) is 12.0 Å². The van der Waals surface area contributed by atoms with Crippen LogP contribution >= 0.6 is 11.3 Å². The van der Waals surface area contributed by atoms with E-state index in [0.29, 0.717) is 4.88 Å². The average Bonchev–Trinajstić information content (AvgIpc) is 2.89. The summed E-state index contributed by atoms with van der Waals surface area (Å²) in [7, 11) is 1.53. The molecule has 0 bridgehead atoms. The molecule has 0 saturated heterocycles. The molecule has 0 atom stereocenters. The normalized spacial score (nSPS) is 15.3. The van der Waals surface area contributed by atoms with Gasteiger partial charge in [0.25, 0.3) is 0 Å². The average molecular weight is 259 g/mol. The number of allylic oxidation sites excluding steroid dienone is 1. The van der Waals surface area contributed by atoms with Crippen LogP contribution in [0.4, 0.5) is 5.69 Å². The van der Waals surface area contributed by atoms with Gasteiger partial charge in [0.2, 0.25) is 5.88 Å². The minimum Gasteiger partial charge on any atom is -0.493 e. The van der Waals surface area contributed by atoms with Crippen LogP contribution in [-0.4, -0.2) is 20.9 Å². The number of pyridine rings is 1. The molecule has 0 spiro atoms. The molecule has 1 aliphatic heterocycles. The van der Waals surface area contributed by atoms with Crippen LogP contribution in [-0.2, 0) is 7.05 Å². The molecule has 1 aliphatic rings. The monoisotopic (exact) mass is 259 g/mol. The predicted molar refractivity (Wildman–Crippen MR) is 71.5 cm³/mol. The van der Waals surface area contributed by atoms with Crippen LogP contribution in [0.15, 0.2) is 28.1 Å². The lowest BCUT2D eigenvalue weighted by molar-refractivity contribution is 0.428. The van der Waals surface area contributed by atoms with Crippen LogP contribution < -0.4 is 4.87 Å². The highest BCUT2D eigenvalue weighted by Crippen LogP contribution is 2.32. The molecule has 2 aromatic rings. The molecule has 0 unspecified atom stereocenters. The Morgan fingerprint density at radius 3 is 3.06 bits per heavy atom. The summed E-state index contributed by atoms with van der Waals surface area (Å²) in [6, 6.07) is 3.68. The van der Waals surface area contributed by atoms with Crippen molar-refractivity contribution in [3.05, 3.63) is 38.6 Å². The highest BCUT2D eigenvalue weighted by molar-refractivity contribution is 7.10. The standard InChI is InChI=1S/C12H9N3O2S/c1-15-11(16)9(18-12(15)17)5-7-6-14-8-3-2-4-13-10(7)8/h2-6,16H,1H3. The van der Waals surface area contributed by atoms with Gasteiger partial charge in [-0.05, 0) is 18.2 Å². The van der Waals surface area contributed by atoms with E-state index in [1.54, 1.807) is 18.5 Å². The van der Waals surface area contributed by atoms with Crippen molar-refractivity contribution in [2.75, 3.05) is 0 Å². The fourth-order valence-corrected chi connectivity index (χ4v) is 2.55. The number of aromatic nitrogens is 2. The Morgan fingerprint density at radius 1 is 1.50 bits per heavy atom. The van der Waals surface area contributed by atoms with E-state index in [1.807, 2.05) is 12.1 Å². The van der Waals surface area contributed by atoms with Gasteiger partial charge in [-0.2, -0.15) is 0 Å². The summed E-state index contributed by atoms with van der Waals surface area (Å²) < 4.78 is 1.21. The van der Waals surface area contributed by atoms with Gasteiger partial charge in [0.1, 0.15) is 0 Å². The Bertz CT molecular complexity index is 740. The van der Waals surface area contributed by atoms with E-state index >= 15 is 0 Å². The Hall–Kier alpha value is -2.21. The third-order valence-electron chi connectivity index (χ3n) is 2.70. The molecule has 0 saturated carbocycles. The van der Waals surface area contributed by atoms with Gasteiger partial charge >= 0.3 is 4.87 Å². The lowest BCUT2D eigenvalue weighted by atomic mass is 10.2. The number of aromatic hydroxyl groups is 1. The quantitative estimate of drug-likeness (QED) is 0.849. The molecule has 0 aromatic carbocycles. The maximum atomic E-state index is 11.4. The van der Waals surface area contributed by atoms with Gasteiger partial charge in [0.05, 0.1) is 16.3 Å². The molecular weight excluding hydrogens is 250 g/mol. The summed E-state index contributed by atoms with van der Waals surface area (Å²) in [5.41, 5.74) is 2.36. The summed E-state index contributed by atoms with van der Waals surface area (Å²) in [6.07, 6.45) is 5.10. The molecule has 3 rings (SSSR count). The number of hydrogen-bond donors (Lipinski definition) is 1. The highest BCUT2D eigenvalue weighted by atomic mass is 32.1. The van der Waals surface area contributed by atoms with E-state index < -0.39 is 0 Å². The second-order valence-corrected chi connectivity index (χ2v) is 4.84.